The van der Waals surface area contributed by atoms with Gasteiger partial charge in [0, 0.05) is 18.5 Å². The number of alkyl halides is 1. The van der Waals surface area contributed by atoms with Crippen molar-refractivity contribution in [2.45, 2.75) is 43.9 Å². The van der Waals surface area contributed by atoms with Crippen LogP contribution in [-0.2, 0) is 0 Å². The van der Waals surface area contributed by atoms with Gasteiger partial charge >= 0.3 is 0 Å². The molecule has 0 aromatic heterocycles. The Morgan fingerprint density at radius 1 is 1.06 bits per heavy atom. The van der Waals surface area contributed by atoms with Gasteiger partial charge < -0.3 is 10.2 Å². The smallest absolute Gasteiger partial charge is 0.0376 e. The van der Waals surface area contributed by atoms with Gasteiger partial charge in [0.1, 0.15) is 0 Å². The number of hydrogen-bond acceptors (Lipinski definition) is 2. The summed E-state index contributed by atoms with van der Waals surface area (Å²) in [6.07, 6.45) is 8.05. The largest absolute Gasteiger partial charge is 0.315 e. The van der Waals surface area contributed by atoms with E-state index in [0.29, 0.717) is 11.3 Å². The molecule has 0 aromatic carbocycles. The number of rotatable bonds is 5. The van der Waals surface area contributed by atoms with E-state index in [2.05, 4.69) is 10.2 Å². The van der Waals surface area contributed by atoms with E-state index in [9.17, 15) is 0 Å². The molecule has 2 atom stereocenters. The first-order valence-corrected chi connectivity index (χ1v) is 7.37. The summed E-state index contributed by atoms with van der Waals surface area (Å²) < 4.78 is 0. The quantitative estimate of drug-likeness (QED) is 0.591. The molecule has 94 valence electrons. The van der Waals surface area contributed by atoms with E-state index in [0.717, 1.165) is 13.1 Å². The molecule has 2 rings (SSSR count). The number of nitrogens with one attached hydrogen (secondary N) is 1. The maximum Gasteiger partial charge on any atom is 0.0376 e. The molecule has 2 unspecified atom stereocenters. The average Bonchev–Trinajstić information content (AvgIpc) is 2.79. The average molecular weight is 245 g/mol. The molecule has 0 aromatic rings. The van der Waals surface area contributed by atoms with E-state index in [1.54, 1.807) is 0 Å². The highest BCUT2D eigenvalue weighted by Gasteiger charge is 2.22. The van der Waals surface area contributed by atoms with Gasteiger partial charge in [0.15, 0.2) is 0 Å². The molecule has 3 heteroatoms. The van der Waals surface area contributed by atoms with E-state index in [4.69, 9.17) is 11.6 Å². The summed E-state index contributed by atoms with van der Waals surface area (Å²) in [5.41, 5.74) is 0. The monoisotopic (exact) mass is 244 g/mol. The van der Waals surface area contributed by atoms with Gasteiger partial charge in [0.2, 0.25) is 0 Å². The zero-order chi connectivity index (χ0) is 11.2. The molecule has 2 nitrogen and oxygen atoms in total. The van der Waals surface area contributed by atoms with Crippen LogP contribution in [0.25, 0.3) is 0 Å². The second-order valence-corrected chi connectivity index (χ2v) is 5.87. The first-order chi connectivity index (χ1) is 7.86. The predicted molar refractivity (Wildman–Crippen MR) is 70.1 cm³/mol. The van der Waals surface area contributed by atoms with Crippen LogP contribution in [0.2, 0.25) is 0 Å². The lowest BCUT2D eigenvalue weighted by Crippen LogP contribution is -2.35. The first-order valence-electron chi connectivity index (χ1n) is 6.93. The van der Waals surface area contributed by atoms with Crippen LogP contribution in [0.15, 0.2) is 0 Å². The Bertz CT molecular complexity index is 192. The van der Waals surface area contributed by atoms with Crippen molar-refractivity contribution in [3.05, 3.63) is 0 Å². The Kier molecular flexibility index (Phi) is 5.40. The molecule has 0 bridgehead atoms. The van der Waals surface area contributed by atoms with Gasteiger partial charge in [-0.25, -0.2) is 0 Å². The number of likely N-dealkylation sites (tertiary alicyclic amines) is 1. The first kappa shape index (κ1) is 12.7. The topological polar surface area (TPSA) is 15.3 Å². The number of hydrogen-bond donors (Lipinski definition) is 1. The van der Waals surface area contributed by atoms with Gasteiger partial charge in [0.05, 0.1) is 0 Å². The second-order valence-electron chi connectivity index (χ2n) is 5.31. The van der Waals surface area contributed by atoms with Crippen molar-refractivity contribution in [2.75, 3.05) is 32.7 Å². The highest BCUT2D eigenvalue weighted by Crippen LogP contribution is 2.27. The third kappa shape index (κ3) is 3.90. The molecule has 1 aliphatic carbocycles. The Balaban J connectivity index is 1.53. The zero-order valence-corrected chi connectivity index (χ0v) is 11.0. The van der Waals surface area contributed by atoms with Crippen molar-refractivity contribution in [2.24, 2.45) is 5.92 Å². The van der Waals surface area contributed by atoms with Crippen molar-refractivity contribution < 1.29 is 0 Å². The Morgan fingerprint density at radius 3 is 2.56 bits per heavy atom. The number of nitrogens with zero attached hydrogens (tertiary/aromatic N) is 1. The van der Waals surface area contributed by atoms with E-state index in [-0.39, 0.29) is 0 Å². The molecule has 16 heavy (non-hydrogen) atoms. The molecule has 2 aliphatic rings. The van der Waals surface area contributed by atoms with Gasteiger partial charge in [-0.3, -0.25) is 0 Å². The lowest BCUT2D eigenvalue weighted by Gasteiger charge is -2.27. The molecule has 1 N–H and O–H groups in total. The summed E-state index contributed by atoms with van der Waals surface area (Å²) in [7, 11) is 0. The van der Waals surface area contributed by atoms with Crippen molar-refractivity contribution in [3.8, 4) is 0 Å². The SMILES string of the molecule is ClC1CCCCC1CNCCN1CCCC1. The highest BCUT2D eigenvalue weighted by molar-refractivity contribution is 6.20. The standard InChI is InChI=1S/C13H25ClN2/c14-13-6-2-1-5-12(13)11-15-7-10-16-8-3-4-9-16/h12-13,15H,1-11H2. The van der Waals surface area contributed by atoms with Gasteiger partial charge in [-0.05, 0) is 51.2 Å². The fourth-order valence-electron chi connectivity index (χ4n) is 2.92. The van der Waals surface area contributed by atoms with Gasteiger partial charge in [-0.2, -0.15) is 0 Å². The molecule has 1 saturated heterocycles. The van der Waals surface area contributed by atoms with Crippen LogP contribution in [0, 0.1) is 5.92 Å². The minimum atomic E-state index is 0.424. The minimum absolute atomic E-state index is 0.424. The Labute approximate surface area is 105 Å². The lowest BCUT2D eigenvalue weighted by molar-refractivity contribution is 0.313. The zero-order valence-electron chi connectivity index (χ0n) is 10.3. The molecule has 0 spiro atoms. The summed E-state index contributed by atoms with van der Waals surface area (Å²) in [5, 5.41) is 4.01. The maximum absolute atomic E-state index is 6.34. The van der Waals surface area contributed by atoms with E-state index in [1.165, 1.54) is 58.2 Å². The van der Waals surface area contributed by atoms with Crippen LogP contribution < -0.4 is 5.32 Å². The Morgan fingerprint density at radius 2 is 1.81 bits per heavy atom. The molecule has 1 saturated carbocycles. The van der Waals surface area contributed by atoms with Gasteiger partial charge in [0.25, 0.3) is 0 Å². The Hall–Kier alpha value is 0.210. The summed E-state index contributed by atoms with van der Waals surface area (Å²) in [6.45, 7) is 6.11. The van der Waals surface area contributed by atoms with E-state index in [1.807, 2.05) is 0 Å². The predicted octanol–water partition coefficient (Wildman–Crippen LogP) is 2.47. The normalized spacial score (nSPS) is 32.1. The van der Waals surface area contributed by atoms with Crippen LogP contribution in [0.1, 0.15) is 38.5 Å². The van der Waals surface area contributed by atoms with Crippen LogP contribution in [-0.4, -0.2) is 43.0 Å². The highest BCUT2D eigenvalue weighted by atomic mass is 35.5. The van der Waals surface area contributed by atoms with Crippen molar-refractivity contribution in [1.29, 1.82) is 0 Å². The molecular formula is C13H25ClN2. The van der Waals surface area contributed by atoms with Crippen molar-refractivity contribution >= 4 is 11.6 Å². The van der Waals surface area contributed by atoms with Crippen molar-refractivity contribution in [3.63, 3.8) is 0 Å². The molecule has 1 aliphatic heterocycles. The van der Waals surface area contributed by atoms with Gasteiger partial charge in [-0.1, -0.05) is 12.8 Å². The fraction of sp³-hybridized carbons (Fsp3) is 1.00. The van der Waals surface area contributed by atoms with Crippen LogP contribution in [0.5, 0.6) is 0 Å². The molecular weight excluding hydrogens is 220 g/mol. The minimum Gasteiger partial charge on any atom is -0.315 e. The van der Waals surface area contributed by atoms with Crippen LogP contribution in [0.4, 0.5) is 0 Å². The van der Waals surface area contributed by atoms with E-state index >= 15 is 0 Å². The number of halogens is 1. The molecule has 2 fully saturated rings. The second kappa shape index (κ2) is 6.83. The summed E-state index contributed by atoms with van der Waals surface area (Å²) in [5.74, 6) is 0.717. The summed E-state index contributed by atoms with van der Waals surface area (Å²) in [4.78, 5) is 2.56. The third-order valence-corrected chi connectivity index (χ3v) is 4.60. The molecule has 0 radical (unpaired) electrons. The van der Waals surface area contributed by atoms with Crippen molar-refractivity contribution in [1.82, 2.24) is 10.2 Å². The third-order valence-electron chi connectivity index (χ3n) is 4.03. The van der Waals surface area contributed by atoms with Gasteiger partial charge in [-0.15, -0.1) is 11.6 Å². The fourth-order valence-corrected chi connectivity index (χ4v) is 3.29. The van der Waals surface area contributed by atoms with E-state index < -0.39 is 0 Å². The summed E-state index contributed by atoms with van der Waals surface area (Å²) >= 11 is 6.34. The molecule has 0 amide bonds. The van der Waals surface area contributed by atoms with Crippen LogP contribution in [0.3, 0.4) is 0 Å². The summed E-state index contributed by atoms with van der Waals surface area (Å²) in [6, 6.07) is 0. The lowest BCUT2D eigenvalue weighted by atomic mass is 9.89. The molecule has 1 heterocycles. The van der Waals surface area contributed by atoms with Crippen LogP contribution >= 0.6 is 11.6 Å². The maximum atomic E-state index is 6.34.